The Morgan fingerprint density at radius 3 is 2.90 bits per heavy atom. The molecule has 0 saturated carbocycles. The van der Waals surface area contributed by atoms with Gasteiger partial charge in [0.2, 0.25) is 0 Å². The highest BCUT2D eigenvalue weighted by Gasteiger charge is 2.28. The van der Waals surface area contributed by atoms with Crippen LogP contribution in [0.2, 0.25) is 0 Å². The fourth-order valence-corrected chi connectivity index (χ4v) is 4.15. The minimum absolute atomic E-state index is 0.0805. The van der Waals surface area contributed by atoms with Gasteiger partial charge in [-0.05, 0) is 25.3 Å². The largest absolute Gasteiger partial charge is 0.370 e. The van der Waals surface area contributed by atoms with Crippen LogP contribution in [0.15, 0.2) is 12.3 Å². The quantitative estimate of drug-likeness (QED) is 0.840. The van der Waals surface area contributed by atoms with Crippen LogP contribution in [0, 0.1) is 11.7 Å². The number of carbonyl (C=O) groups is 1. The summed E-state index contributed by atoms with van der Waals surface area (Å²) >= 11 is 0. The molecule has 1 aromatic heterocycles. The summed E-state index contributed by atoms with van der Waals surface area (Å²) in [6.45, 7) is 2.66. The third-order valence-corrected chi connectivity index (χ3v) is 5.16. The van der Waals surface area contributed by atoms with Crippen LogP contribution < -0.4 is 10.6 Å². The molecular formula is C13H18FN3O3S. The fraction of sp³-hybridized carbons (Fsp3) is 0.538. The summed E-state index contributed by atoms with van der Waals surface area (Å²) in [5, 5.41) is 5.55. The van der Waals surface area contributed by atoms with Gasteiger partial charge in [0.05, 0.1) is 23.3 Å². The monoisotopic (exact) mass is 315 g/mol. The number of nitrogens with one attached hydrogen (secondary N) is 2. The molecule has 1 saturated heterocycles. The number of hydrogen-bond donors (Lipinski definition) is 2. The molecule has 0 aliphatic carbocycles. The number of anilines is 1. The summed E-state index contributed by atoms with van der Waals surface area (Å²) in [6.07, 6.45) is 1.59. The highest BCUT2D eigenvalue weighted by atomic mass is 32.2. The van der Waals surface area contributed by atoms with Crippen molar-refractivity contribution in [3.63, 3.8) is 0 Å². The lowest BCUT2D eigenvalue weighted by Crippen LogP contribution is -2.30. The van der Waals surface area contributed by atoms with Crippen LogP contribution in [0.1, 0.15) is 23.7 Å². The molecule has 0 bridgehead atoms. The minimum Gasteiger partial charge on any atom is -0.370 e. The van der Waals surface area contributed by atoms with Gasteiger partial charge in [-0.2, -0.15) is 0 Å². The second kappa shape index (κ2) is 6.38. The number of pyridine rings is 1. The van der Waals surface area contributed by atoms with Crippen LogP contribution in [0.3, 0.4) is 0 Å². The van der Waals surface area contributed by atoms with Crippen LogP contribution in [0.25, 0.3) is 0 Å². The van der Waals surface area contributed by atoms with Gasteiger partial charge in [-0.1, -0.05) is 0 Å². The van der Waals surface area contributed by atoms with Gasteiger partial charge in [0, 0.05) is 13.1 Å². The molecule has 6 nitrogen and oxygen atoms in total. The molecule has 1 atom stereocenters. The van der Waals surface area contributed by atoms with Crippen LogP contribution >= 0.6 is 0 Å². The fourth-order valence-electron chi connectivity index (χ4n) is 2.29. The maximum atomic E-state index is 13.2. The van der Waals surface area contributed by atoms with Crippen molar-refractivity contribution in [1.29, 1.82) is 0 Å². The van der Waals surface area contributed by atoms with Crippen LogP contribution in [-0.4, -0.2) is 43.9 Å². The number of hydrogen-bond acceptors (Lipinski definition) is 5. The maximum absolute atomic E-state index is 13.2. The van der Waals surface area contributed by atoms with Crippen molar-refractivity contribution < 1.29 is 17.6 Å². The van der Waals surface area contributed by atoms with Crippen molar-refractivity contribution in [2.75, 3.05) is 29.9 Å². The van der Waals surface area contributed by atoms with Crippen molar-refractivity contribution in [1.82, 2.24) is 10.3 Å². The minimum atomic E-state index is -2.97. The molecule has 2 rings (SSSR count). The Balaban J connectivity index is 2.02. The summed E-state index contributed by atoms with van der Waals surface area (Å²) < 4.78 is 36.0. The second-order valence-electron chi connectivity index (χ2n) is 5.06. The smallest absolute Gasteiger partial charge is 0.255 e. The molecular weight excluding hydrogens is 297 g/mol. The molecule has 1 unspecified atom stereocenters. The van der Waals surface area contributed by atoms with Crippen LogP contribution in [0.5, 0.6) is 0 Å². The van der Waals surface area contributed by atoms with E-state index in [4.69, 9.17) is 0 Å². The van der Waals surface area contributed by atoms with E-state index in [2.05, 4.69) is 15.6 Å². The first-order valence-corrected chi connectivity index (χ1v) is 8.61. The zero-order valence-electron chi connectivity index (χ0n) is 11.7. The van der Waals surface area contributed by atoms with Gasteiger partial charge >= 0.3 is 0 Å². The first kappa shape index (κ1) is 15.7. The molecule has 0 aromatic carbocycles. The van der Waals surface area contributed by atoms with Gasteiger partial charge in [0.1, 0.15) is 11.6 Å². The van der Waals surface area contributed by atoms with Gasteiger partial charge in [-0.25, -0.2) is 17.8 Å². The second-order valence-corrected chi connectivity index (χ2v) is 7.29. The van der Waals surface area contributed by atoms with E-state index in [1.165, 1.54) is 0 Å². The van der Waals surface area contributed by atoms with Gasteiger partial charge in [0.15, 0.2) is 9.84 Å². The van der Waals surface area contributed by atoms with E-state index >= 15 is 0 Å². The Morgan fingerprint density at radius 1 is 1.52 bits per heavy atom. The van der Waals surface area contributed by atoms with E-state index in [0.717, 1.165) is 12.3 Å². The lowest BCUT2D eigenvalue weighted by molar-refractivity contribution is 0.0948. The molecule has 1 aliphatic rings. The Hall–Kier alpha value is -1.70. The number of nitrogens with zero attached hydrogens (tertiary/aromatic N) is 1. The van der Waals surface area contributed by atoms with Crippen molar-refractivity contribution in [3.8, 4) is 0 Å². The Labute approximate surface area is 123 Å². The number of amides is 1. The van der Waals surface area contributed by atoms with Crippen LogP contribution in [0.4, 0.5) is 10.2 Å². The Morgan fingerprint density at radius 2 is 2.29 bits per heavy atom. The van der Waals surface area contributed by atoms with E-state index in [-0.39, 0.29) is 29.5 Å². The van der Waals surface area contributed by atoms with Gasteiger partial charge in [-0.15, -0.1) is 0 Å². The average molecular weight is 315 g/mol. The number of rotatable bonds is 5. The lowest BCUT2D eigenvalue weighted by Gasteiger charge is -2.12. The summed E-state index contributed by atoms with van der Waals surface area (Å²) in [5.74, 6) is -0.558. The summed E-state index contributed by atoms with van der Waals surface area (Å²) in [6, 6.07) is 1.12. The van der Waals surface area contributed by atoms with Crippen molar-refractivity contribution in [3.05, 3.63) is 23.6 Å². The molecule has 1 aromatic rings. The third-order valence-electron chi connectivity index (χ3n) is 3.32. The van der Waals surface area contributed by atoms with E-state index in [9.17, 15) is 17.6 Å². The van der Waals surface area contributed by atoms with Gasteiger partial charge < -0.3 is 10.6 Å². The van der Waals surface area contributed by atoms with Crippen molar-refractivity contribution in [2.45, 2.75) is 13.3 Å². The predicted octanol–water partition coefficient (Wildman–Crippen LogP) is 0.817. The first-order valence-electron chi connectivity index (χ1n) is 6.79. The number of aromatic nitrogens is 1. The predicted molar refractivity (Wildman–Crippen MR) is 77.5 cm³/mol. The van der Waals surface area contributed by atoms with Crippen molar-refractivity contribution in [2.24, 2.45) is 5.92 Å². The van der Waals surface area contributed by atoms with Crippen molar-refractivity contribution >= 4 is 21.6 Å². The number of halogens is 1. The SMILES string of the molecule is CCNc1ncc(F)cc1C(=O)NCC1CCS(=O)(=O)C1. The maximum Gasteiger partial charge on any atom is 0.255 e. The number of sulfone groups is 1. The Bertz CT molecular complexity index is 634. The summed E-state index contributed by atoms with van der Waals surface area (Å²) in [5.41, 5.74) is 0.123. The molecule has 0 spiro atoms. The molecule has 1 fully saturated rings. The summed E-state index contributed by atoms with van der Waals surface area (Å²) in [4.78, 5) is 16.0. The Kier molecular flexibility index (Phi) is 4.76. The standard InChI is InChI=1S/C13H18FN3O3S/c1-2-15-12-11(5-10(14)7-16-12)13(18)17-6-9-3-4-21(19,20)8-9/h5,7,9H,2-4,6,8H2,1H3,(H,15,16)(H,17,18). The zero-order chi connectivity index (χ0) is 15.5. The highest BCUT2D eigenvalue weighted by molar-refractivity contribution is 7.91. The topological polar surface area (TPSA) is 88.2 Å². The molecule has 2 N–H and O–H groups in total. The third kappa shape index (κ3) is 4.13. The molecule has 21 heavy (non-hydrogen) atoms. The normalized spacial score (nSPS) is 20.2. The molecule has 1 aliphatic heterocycles. The zero-order valence-corrected chi connectivity index (χ0v) is 12.5. The van der Waals surface area contributed by atoms with Gasteiger partial charge in [-0.3, -0.25) is 4.79 Å². The molecule has 1 amide bonds. The van der Waals surface area contributed by atoms with E-state index < -0.39 is 21.6 Å². The molecule has 2 heterocycles. The summed E-state index contributed by atoms with van der Waals surface area (Å²) in [7, 11) is -2.97. The van der Waals surface area contributed by atoms with E-state index in [1.54, 1.807) is 0 Å². The first-order chi connectivity index (χ1) is 9.91. The molecule has 0 radical (unpaired) electrons. The van der Waals surface area contributed by atoms with E-state index in [1.807, 2.05) is 6.92 Å². The van der Waals surface area contributed by atoms with Gasteiger partial charge in [0.25, 0.3) is 5.91 Å². The molecule has 116 valence electrons. The van der Waals surface area contributed by atoms with E-state index in [0.29, 0.717) is 18.8 Å². The highest BCUT2D eigenvalue weighted by Crippen LogP contribution is 2.18. The lowest BCUT2D eigenvalue weighted by atomic mass is 10.1. The van der Waals surface area contributed by atoms with Crippen LogP contribution in [-0.2, 0) is 9.84 Å². The average Bonchev–Trinajstić information content (AvgIpc) is 2.78. The number of carbonyl (C=O) groups excluding carboxylic acids is 1. The molecule has 8 heteroatoms.